The average molecular weight is 315 g/mol. The molecule has 0 unspecified atom stereocenters. The third-order valence-corrected chi connectivity index (χ3v) is 8.66. The minimum absolute atomic E-state index is 0.00751. The van der Waals surface area contributed by atoms with Crippen molar-refractivity contribution in [3.63, 3.8) is 0 Å². The van der Waals surface area contributed by atoms with Crippen molar-refractivity contribution >= 4 is 19.0 Å². The van der Waals surface area contributed by atoms with Gasteiger partial charge < -0.3 is 0 Å². The second-order valence-electron chi connectivity index (χ2n) is 5.84. The van der Waals surface area contributed by atoms with Crippen molar-refractivity contribution in [3.05, 3.63) is 11.3 Å². The van der Waals surface area contributed by atoms with E-state index in [1.165, 1.54) is 50.3 Å². The Morgan fingerprint density at radius 3 is 1.80 bits per heavy atom. The molecule has 0 radical (unpaired) electrons. The molecule has 0 fully saturated rings. The third-order valence-electron chi connectivity index (χ3n) is 4.19. The van der Waals surface area contributed by atoms with Crippen LogP contribution in [0.15, 0.2) is 11.3 Å². The zero-order chi connectivity index (χ0) is 15.4. The summed E-state index contributed by atoms with van der Waals surface area (Å²) >= 11 is 0. The molecule has 0 saturated heterocycles. The predicted octanol–water partition coefficient (Wildman–Crippen LogP) is 2.44. The molecular formula is C16H38N2Si2. The van der Waals surface area contributed by atoms with E-state index in [1.807, 2.05) is 0 Å². The van der Waals surface area contributed by atoms with Gasteiger partial charge in [0.1, 0.15) is 0 Å². The van der Waals surface area contributed by atoms with Gasteiger partial charge in [-0.1, -0.05) is 51.8 Å². The van der Waals surface area contributed by atoms with Crippen molar-refractivity contribution in [2.45, 2.75) is 65.8 Å². The molecule has 0 aromatic heterocycles. The first-order valence-electron chi connectivity index (χ1n) is 8.71. The summed E-state index contributed by atoms with van der Waals surface area (Å²) in [6.07, 6.45) is 1.49. The smallest absolute Gasteiger partial charge is 0.0591 e. The Kier molecular flexibility index (Phi) is 12.9. The molecule has 0 heterocycles. The van der Waals surface area contributed by atoms with Crippen molar-refractivity contribution in [3.8, 4) is 0 Å². The third kappa shape index (κ3) is 8.40. The number of hydrogen-bond donors (Lipinski definition) is 0. The highest BCUT2D eigenvalue weighted by molar-refractivity contribution is 6.42. The van der Waals surface area contributed by atoms with Gasteiger partial charge in [0.05, 0.1) is 9.52 Å². The lowest BCUT2D eigenvalue weighted by molar-refractivity contribution is 0.115. The molecule has 0 aliphatic rings. The lowest BCUT2D eigenvalue weighted by Gasteiger charge is -2.38. The fraction of sp³-hybridized carbons (Fsp3) is 0.875. The molecule has 20 heavy (non-hydrogen) atoms. The Morgan fingerprint density at radius 2 is 1.40 bits per heavy atom. The molecule has 0 aromatic rings. The maximum absolute atomic E-state index is 2.69. The van der Waals surface area contributed by atoms with Crippen LogP contribution in [0, 0.1) is 0 Å². The summed E-state index contributed by atoms with van der Waals surface area (Å²) in [5.74, 6) is 0.796. The van der Waals surface area contributed by atoms with E-state index < -0.39 is 0 Å². The quantitative estimate of drug-likeness (QED) is 0.310. The van der Waals surface area contributed by atoms with Crippen LogP contribution in [0.4, 0.5) is 0 Å². The molecule has 2 nitrogen and oxygen atoms in total. The van der Waals surface area contributed by atoms with Gasteiger partial charge in [0, 0.05) is 15.3 Å². The molecule has 0 atom stereocenters. The van der Waals surface area contributed by atoms with Crippen LogP contribution in [-0.4, -0.2) is 60.8 Å². The van der Waals surface area contributed by atoms with Gasteiger partial charge in [0.15, 0.2) is 0 Å². The van der Waals surface area contributed by atoms with Crippen LogP contribution >= 0.6 is 0 Å². The van der Waals surface area contributed by atoms with Crippen LogP contribution in [0.3, 0.4) is 0 Å². The van der Waals surface area contributed by atoms with E-state index in [9.17, 15) is 0 Å². The molecule has 0 bridgehead atoms. The Morgan fingerprint density at radius 1 is 0.900 bits per heavy atom. The molecule has 0 rings (SSSR count). The number of hydrogen-bond acceptors (Lipinski definition) is 2. The minimum Gasteiger partial charge on any atom is -0.292 e. The maximum atomic E-state index is 2.69. The van der Waals surface area contributed by atoms with Crippen molar-refractivity contribution in [1.82, 2.24) is 9.80 Å². The topological polar surface area (TPSA) is 6.48 Å². The molecule has 0 aliphatic carbocycles. The van der Waals surface area contributed by atoms with E-state index in [0.717, 1.165) is 5.79 Å². The van der Waals surface area contributed by atoms with Crippen LogP contribution < -0.4 is 0 Å². The molecule has 0 spiro atoms. The second-order valence-corrected chi connectivity index (χ2v) is 9.55. The van der Waals surface area contributed by atoms with E-state index in [1.54, 1.807) is 0 Å². The Hall–Kier alpha value is 0.0938. The summed E-state index contributed by atoms with van der Waals surface area (Å²) in [5, 5.41) is 0. The molecule has 4 heteroatoms. The van der Waals surface area contributed by atoms with E-state index in [0.29, 0.717) is 0 Å². The lowest BCUT2D eigenvalue weighted by Crippen LogP contribution is -2.51. The van der Waals surface area contributed by atoms with Gasteiger partial charge in [-0.3, -0.25) is 9.80 Å². The van der Waals surface area contributed by atoms with Crippen LogP contribution in [0.2, 0.25) is 12.1 Å². The van der Waals surface area contributed by atoms with Crippen molar-refractivity contribution in [2.75, 3.05) is 26.2 Å². The van der Waals surface area contributed by atoms with Crippen LogP contribution in [0.5, 0.6) is 0 Å². The Bertz CT molecular complexity index is 233. The second kappa shape index (κ2) is 12.8. The number of rotatable bonds is 12. The highest BCUT2D eigenvalue weighted by Crippen LogP contribution is 2.09. The highest BCUT2D eigenvalue weighted by Gasteiger charge is 2.20. The summed E-state index contributed by atoms with van der Waals surface area (Å²) in [5.41, 5.74) is 4.05. The fourth-order valence-electron chi connectivity index (χ4n) is 2.93. The SMILES string of the molecule is CCN(CC)C([SiH2]CCC[SiH2]C=C(C)C)N(CC)CC. The summed E-state index contributed by atoms with van der Waals surface area (Å²) in [4.78, 5) is 5.37. The standard InChI is InChI=1S/C16H38N2Si2/c1-7-17(8-2)16(18(9-3)10-4)20-13-11-12-19-14-15(5)6/h14,16H,7-13,19-20H2,1-6H3. The molecule has 120 valence electrons. The van der Waals surface area contributed by atoms with Crippen molar-refractivity contribution in [1.29, 1.82) is 0 Å². The minimum atomic E-state index is -0.00751. The highest BCUT2D eigenvalue weighted by atomic mass is 28.2. The molecular weight excluding hydrogens is 276 g/mol. The molecule has 0 saturated carbocycles. The first-order chi connectivity index (χ1) is 9.60. The summed E-state index contributed by atoms with van der Waals surface area (Å²) in [7, 11) is 0.0848. The zero-order valence-corrected chi connectivity index (χ0v) is 17.7. The predicted molar refractivity (Wildman–Crippen MR) is 100 cm³/mol. The van der Waals surface area contributed by atoms with Gasteiger partial charge in [-0.25, -0.2) is 0 Å². The van der Waals surface area contributed by atoms with Gasteiger partial charge in [0.2, 0.25) is 0 Å². The van der Waals surface area contributed by atoms with Crippen molar-refractivity contribution < 1.29 is 0 Å². The van der Waals surface area contributed by atoms with Gasteiger partial charge in [-0.15, -0.1) is 5.70 Å². The van der Waals surface area contributed by atoms with E-state index in [-0.39, 0.29) is 19.0 Å². The van der Waals surface area contributed by atoms with Gasteiger partial charge in [0.25, 0.3) is 0 Å². The lowest BCUT2D eigenvalue weighted by atomic mass is 10.4. The Labute approximate surface area is 132 Å². The van der Waals surface area contributed by atoms with Crippen molar-refractivity contribution in [2.24, 2.45) is 0 Å². The zero-order valence-electron chi connectivity index (χ0n) is 14.9. The van der Waals surface area contributed by atoms with Gasteiger partial charge in [-0.2, -0.15) is 0 Å². The summed E-state index contributed by atoms with van der Waals surface area (Å²) in [6.45, 7) is 18.6. The fourth-order valence-corrected chi connectivity index (χ4v) is 7.83. The monoisotopic (exact) mass is 314 g/mol. The molecule has 0 aliphatic heterocycles. The van der Waals surface area contributed by atoms with Crippen LogP contribution in [0.25, 0.3) is 0 Å². The van der Waals surface area contributed by atoms with E-state index >= 15 is 0 Å². The number of nitrogens with zero attached hydrogens (tertiary/aromatic N) is 2. The maximum Gasteiger partial charge on any atom is 0.0591 e. The summed E-state index contributed by atoms with van der Waals surface area (Å²) in [6, 6.07) is 3.04. The van der Waals surface area contributed by atoms with Gasteiger partial charge in [-0.05, 0) is 40.0 Å². The molecule has 0 amide bonds. The van der Waals surface area contributed by atoms with E-state index in [4.69, 9.17) is 0 Å². The summed E-state index contributed by atoms with van der Waals surface area (Å²) < 4.78 is 0. The molecule has 0 N–H and O–H groups in total. The van der Waals surface area contributed by atoms with Crippen LogP contribution in [-0.2, 0) is 0 Å². The first kappa shape index (κ1) is 20.1. The van der Waals surface area contributed by atoms with E-state index in [2.05, 4.69) is 57.0 Å². The van der Waals surface area contributed by atoms with Gasteiger partial charge >= 0.3 is 0 Å². The van der Waals surface area contributed by atoms with Crippen LogP contribution in [0.1, 0.15) is 48.0 Å². The normalized spacial score (nSPS) is 12.8. The Balaban J connectivity index is 4.19. The molecule has 0 aromatic carbocycles. The largest absolute Gasteiger partial charge is 0.292 e. The first-order valence-corrected chi connectivity index (χ1v) is 12.3. The number of allylic oxidation sites excluding steroid dienone is 1. The average Bonchev–Trinajstić information content (AvgIpc) is 2.44.